The van der Waals surface area contributed by atoms with Crippen LogP contribution in [0, 0.1) is 0 Å². The summed E-state index contributed by atoms with van der Waals surface area (Å²) < 4.78 is 2.23. The van der Waals surface area contributed by atoms with Crippen molar-refractivity contribution in [3.63, 3.8) is 0 Å². The molecule has 2 heterocycles. The first-order valence-corrected chi connectivity index (χ1v) is 7.96. The Hall–Kier alpha value is -1.91. The van der Waals surface area contributed by atoms with Gasteiger partial charge in [-0.2, -0.15) is 0 Å². The second-order valence-corrected chi connectivity index (χ2v) is 6.05. The normalized spacial score (nSPS) is 18.1. The molecule has 2 aliphatic carbocycles. The van der Waals surface area contributed by atoms with Crippen LogP contribution in [0.15, 0.2) is 12.5 Å². The Bertz CT molecular complexity index is 657. The number of hydrogen-bond acceptors (Lipinski definition) is 4. The van der Waals surface area contributed by atoms with E-state index in [0.717, 1.165) is 30.2 Å². The molecule has 0 amide bonds. The topological polar surface area (TPSA) is 55.6 Å². The Labute approximate surface area is 124 Å². The van der Waals surface area contributed by atoms with Crippen LogP contribution >= 0.6 is 0 Å². The number of hydrogen-bond donors (Lipinski definition) is 1. The molecule has 0 saturated heterocycles. The molecule has 0 atom stereocenters. The van der Waals surface area contributed by atoms with Gasteiger partial charge in [-0.1, -0.05) is 6.42 Å². The van der Waals surface area contributed by atoms with Crippen molar-refractivity contribution >= 4 is 5.82 Å². The Morgan fingerprint density at radius 3 is 2.81 bits per heavy atom. The van der Waals surface area contributed by atoms with Crippen LogP contribution in [0.1, 0.15) is 49.4 Å². The van der Waals surface area contributed by atoms with Crippen LogP contribution in [-0.4, -0.2) is 26.6 Å². The summed E-state index contributed by atoms with van der Waals surface area (Å²) in [6, 6.07) is 0.600. The number of aryl methyl sites for hydroxylation is 1. The van der Waals surface area contributed by atoms with Crippen molar-refractivity contribution in [2.45, 2.75) is 51.0 Å². The number of nitrogens with zero attached hydrogens (tertiary/aromatic N) is 4. The standard InChI is InChI=1S/C16H21N5/c1-17-15-12-5-3-2-4-6-13(12)19-16(20-15)14-9-18-10-21(14)11-7-8-11/h9-11H,2-8H2,1H3,(H,17,19,20). The largest absolute Gasteiger partial charge is 0.373 e. The zero-order chi connectivity index (χ0) is 14.2. The average Bonchev–Trinajstić information content (AvgIpc) is 3.28. The maximum atomic E-state index is 4.88. The fourth-order valence-electron chi connectivity index (χ4n) is 3.21. The van der Waals surface area contributed by atoms with Crippen LogP contribution in [-0.2, 0) is 12.8 Å². The maximum absolute atomic E-state index is 4.88. The highest BCUT2D eigenvalue weighted by atomic mass is 15.1. The Morgan fingerprint density at radius 2 is 2.00 bits per heavy atom. The molecule has 0 unspecified atom stereocenters. The number of rotatable bonds is 3. The van der Waals surface area contributed by atoms with E-state index in [0.29, 0.717) is 6.04 Å². The quantitative estimate of drug-likeness (QED) is 0.880. The molecule has 1 fully saturated rings. The van der Waals surface area contributed by atoms with E-state index in [9.17, 15) is 0 Å². The number of imidazole rings is 1. The SMILES string of the molecule is CNc1nc(-c2cncn2C2CC2)nc2c1CCCCC2. The molecular weight excluding hydrogens is 262 g/mol. The number of nitrogens with one attached hydrogen (secondary N) is 1. The molecule has 2 aromatic rings. The lowest BCUT2D eigenvalue weighted by Crippen LogP contribution is -2.08. The van der Waals surface area contributed by atoms with Crippen LogP contribution in [0.3, 0.4) is 0 Å². The molecule has 0 bridgehead atoms. The van der Waals surface area contributed by atoms with E-state index in [2.05, 4.69) is 14.9 Å². The molecule has 5 heteroatoms. The molecule has 0 spiro atoms. The molecule has 2 aromatic heterocycles. The number of aromatic nitrogens is 4. The molecule has 1 N–H and O–H groups in total. The van der Waals surface area contributed by atoms with Crippen LogP contribution < -0.4 is 5.32 Å². The van der Waals surface area contributed by atoms with E-state index in [1.165, 1.54) is 43.4 Å². The van der Waals surface area contributed by atoms with Gasteiger partial charge in [0.2, 0.25) is 0 Å². The van der Waals surface area contributed by atoms with Crippen molar-refractivity contribution < 1.29 is 0 Å². The molecule has 1 saturated carbocycles. The van der Waals surface area contributed by atoms with Gasteiger partial charge in [0.25, 0.3) is 0 Å². The minimum Gasteiger partial charge on any atom is -0.373 e. The van der Waals surface area contributed by atoms with Crippen molar-refractivity contribution in [1.29, 1.82) is 0 Å². The third kappa shape index (κ3) is 2.30. The fourth-order valence-corrected chi connectivity index (χ4v) is 3.21. The van der Waals surface area contributed by atoms with E-state index < -0.39 is 0 Å². The van der Waals surface area contributed by atoms with Crippen LogP contribution in [0.2, 0.25) is 0 Å². The predicted molar refractivity (Wildman–Crippen MR) is 82.3 cm³/mol. The molecule has 0 aromatic carbocycles. The average molecular weight is 283 g/mol. The Balaban J connectivity index is 1.82. The van der Waals surface area contributed by atoms with Crippen LogP contribution in [0.5, 0.6) is 0 Å². The minimum atomic E-state index is 0.600. The highest BCUT2D eigenvalue weighted by Gasteiger charge is 2.27. The fraction of sp³-hybridized carbons (Fsp3) is 0.562. The summed E-state index contributed by atoms with van der Waals surface area (Å²) in [5, 5.41) is 3.27. The van der Waals surface area contributed by atoms with Crippen molar-refractivity contribution in [3.8, 4) is 11.5 Å². The minimum absolute atomic E-state index is 0.600. The lowest BCUT2D eigenvalue weighted by Gasteiger charge is -2.13. The van der Waals surface area contributed by atoms with E-state index in [-0.39, 0.29) is 0 Å². The summed E-state index contributed by atoms with van der Waals surface area (Å²) >= 11 is 0. The van der Waals surface area contributed by atoms with E-state index >= 15 is 0 Å². The lowest BCUT2D eigenvalue weighted by atomic mass is 10.1. The van der Waals surface area contributed by atoms with Gasteiger partial charge < -0.3 is 9.88 Å². The van der Waals surface area contributed by atoms with Gasteiger partial charge in [0, 0.05) is 24.3 Å². The van der Waals surface area contributed by atoms with Gasteiger partial charge >= 0.3 is 0 Å². The van der Waals surface area contributed by atoms with E-state index in [1.807, 2.05) is 19.6 Å². The molecule has 2 aliphatic rings. The van der Waals surface area contributed by atoms with Gasteiger partial charge in [-0.3, -0.25) is 0 Å². The van der Waals surface area contributed by atoms with Gasteiger partial charge in [0.1, 0.15) is 11.5 Å². The third-order valence-corrected chi connectivity index (χ3v) is 4.51. The molecule has 0 radical (unpaired) electrons. The van der Waals surface area contributed by atoms with Crippen molar-refractivity contribution in [2.24, 2.45) is 0 Å². The Kier molecular flexibility index (Phi) is 3.13. The van der Waals surface area contributed by atoms with E-state index in [4.69, 9.17) is 9.97 Å². The molecular formula is C16H21N5. The molecule has 0 aliphatic heterocycles. The summed E-state index contributed by atoms with van der Waals surface area (Å²) in [5.74, 6) is 1.82. The zero-order valence-electron chi connectivity index (χ0n) is 12.5. The molecule has 110 valence electrons. The molecule has 4 rings (SSSR count). The van der Waals surface area contributed by atoms with Crippen LogP contribution in [0.4, 0.5) is 5.82 Å². The second kappa shape index (κ2) is 5.13. The van der Waals surface area contributed by atoms with Crippen LogP contribution in [0.25, 0.3) is 11.5 Å². The predicted octanol–water partition coefficient (Wildman–Crippen LogP) is 2.99. The summed E-state index contributed by atoms with van der Waals surface area (Å²) in [5.41, 5.74) is 3.60. The summed E-state index contributed by atoms with van der Waals surface area (Å²) in [4.78, 5) is 14.0. The summed E-state index contributed by atoms with van der Waals surface area (Å²) in [6.07, 6.45) is 12.2. The number of fused-ring (bicyclic) bond motifs is 1. The van der Waals surface area contributed by atoms with Gasteiger partial charge in [0.05, 0.1) is 12.5 Å². The van der Waals surface area contributed by atoms with Gasteiger partial charge in [0.15, 0.2) is 5.82 Å². The zero-order valence-corrected chi connectivity index (χ0v) is 12.5. The monoisotopic (exact) mass is 283 g/mol. The second-order valence-electron chi connectivity index (χ2n) is 6.05. The summed E-state index contributed by atoms with van der Waals surface area (Å²) in [6.45, 7) is 0. The van der Waals surface area contributed by atoms with E-state index in [1.54, 1.807) is 0 Å². The smallest absolute Gasteiger partial charge is 0.180 e. The number of anilines is 1. The first-order chi connectivity index (χ1) is 10.4. The lowest BCUT2D eigenvalue weighted by molar-refractivity contribution is 0.708. The molecule has 21 heavy (non-hydrogen) atoms. The van der Waals surface area contributed by atoms with Gasteiger partial charge in [-0.05, 0) is 38.5 Å². The first-order valence-electron chi connectivity index (χ1n) is 7.96. The van der Waals surface area contributed by atoms with Crippen molar-refractivity contribution in [1.82, 2.24) is 19.5 Å². The van der Waals surface area contributed by atoms with Crippen molar-refractivity contribution in [2.75, 3.05) is 12.4 Å². The third-order valence-electron chi connectivity index (χ3n) is 4.51. The molecule has 5 nitrogen and oxygen atoms in total. The highest BCUT2D eigenvalue weighted by Crippen LogP contribution is 2.38. The highest BCUT2D eigenvalue weighted by molar-refractivity contribution is 5.57. The van der Waals surface area contributed by atoms with Gasteiger partial charge in [-0.25, -0.2) is 15.0 Å². The maximum Gasteiger partial charge on any atom is 0.180 e. The first kappa shape index (κ1) is 12.8. The van der Waals surface area contributed by atoms with Gasteiger partial charge in [-0.15, -0.1) is 0 Å². The summed E-state index contributed by atoms with van der Waals surface area (Å²) in [7, 11) is 1.95. The Morgan fingerprint density at radius 1 is 1.14 bits per heavy atom. The van der Waals surface area contributed by atoms with Crippen molar-refractivity contribution in [3.05, 3.63) is 23.8 Å².